The van der Waals surface area contributed by atoms with E-state index in [-0.39, 0.29) is 16.1 Å². The predicted octanol–water partition coefficient (Wildman–Crippen LogP) is 2.40. The monoisotopic (exact) mass is 397 g/mol. The minimum Gasteiger partial charge on any atom is -0.516 e. The molecule has 1 heterocycles. The van der Waals surface area contributed by atoms with Crippen LogP contribution in [0, 0.1) is 0 Å². The van der Waals surface area contributed by atoms with Crippen molar-refractivity contribution in [1.29, 1.82) is 0 Å². The number of benzene rings is 2. The summed E-state index contributed by atoms with van der Waals surface area (Å²) in [5, 5.41) is 6.43. The molecule has 0 fully saturated rings. The number of nitrogens with zero attached hydrogens (tertiary/aromatic N) is 3. The molecule has 0 radical (unpaired) electrons. The summed E-state index contributed by atoms with van der Waals surface area (Å²) in [6.07, 6.45) is 0. The lowest BCUT2D eigenvalue weighted by molar-refractivity contribution is 0.446. The van der Waals surface area contributed by atoms with Crippen LogP contribution in [0.5, 0.6) is 5.88 Å². The second-order valence-corrected chi connectivity index (χ2v) is 12.0. The van der Waals surface area contributed by atoms with E-state index < -0.39 is 13.9 Å². The molecule has 0 spiro atoms. The van der Waals surface area contributed by atoms with E-state index in [1.165, 1.54) is 4.68 Å². The fraction of sp³-hybridized carbons (Fsp3) is 0.250. The van der Waals surface area contributed by atoms with Crippen molar-refractivity contribution in [3.63, 3.8) is 0 Å². The molecule has 3 aromatic rings. The van der Waals surface area contributed by atoms with Crippen molar-refractivity contribution in [2.24, 2.45) is 7.05 Å². The van der Waals surface area contributed by atoms with Crippen molar-refractivity contribution in [3.05, 3.63) is 71.0 Å². The van der Waals surface area contributed by atoms with Gasteiger partial charge >= 0.3 is 13.9 Å². The third kappa shape index (κ3) is 3.57. The van der Waals surface area contributed by atoms with Gasteiger partial charge in [-0.15, -0.1) is 17.7 Å². The van der Waals surface area contributed by atoms with Gasteiger partial charge in [-0.3, -0.25) is 4.79 Å². The van der Waals surface area contributed by atoms with Gasteiger partial charge in [0.25, 0.3) is 5.88 Å². The number of thiol groups is 1. The van der Waals surface area contributed by atoms with Crippen molar-refractivity contribution in [2.75, 3.05) is 0 Å². The summed E-state index contributed by atoms with van der Waals surface area (Å²) in [7, 11) is -1.22. The molecule has 0 aliphatic heterocycles. The number of aryl methyl sites for hydroxylation is 1. The molecular formula is C20H23N3O2SSi. The third-order valence-electron chi connectivity index (χ3n) is 4.58. The normalized spacial score (nSPS) is 12.0. The Hall–Kier alpha value is -2.38. The van der Waals surface area contributed by atoms with E-state index in [4.69, 9.17) is 4.43 Å². The number of aromatic nitrogens is 3. The van der Waals surface area contributed by atoms with E-state index in [0.29, 0.717) is 0 Å². The van der Waals surface area contributed by atoms with Crippen LogP contribution < -0.4 is 20.4 Å². The van der Waals surface area contributed by atoms with Crippen molar-refractivity contribution in [2.45, 2.75) is 31.0 Å². The highest BCUT2D eigenvalue weighted by Crippen LogP contribution is 2.36. The minimum absolute atomic E-state index is 0.00426. The highest BCUT2D eigenvalue weighted by Gasteiger charge is 2.52. The van der Waals surface area contributed by atoms with Gasteiger partial charge < -0.3 is 4.43 Å². The maximum atomic E-state index is 12.5. The summed E-state index contributed by atoms with van der Waals surface area (Å²) in [4.78, 5) is 16.5. The van der Waals surface area contributed by atoms with Gasteiger partial charge in [-0.25, -0.2) is 4.68 Å². The zero-order chi connectivity index (χ0) is 19.7. The first-order chi connectivity index (χ1) is 12.8. The molecule has 7 heteroatoms. The summed E-state index contributed by atoms with van der Waals surface area (Å²) in [5.74, 6) is 0.00426. The Bertz CT molecular complexity index is 946. The van der Waals surface area contributed by atoms with Gasteiger partial charge in [0.1, 0.15) is 0 Å². The maximum absolute atomic E-state index is 12.5. The van der Waals surface area contributed by atoms with Crippen LogP contribution >= 0.6 is 12.6 Å². The molecule has 0 saturated heterocycles. The number of hydrogen-bond acceptors (Lipinski definition) is 5. The first-order valence-electron chi connectivity index (χ1n) is 8.70. The predicted molar refractivity (Wildman–Crippen MR) is 113 cm³/mol. The van der Waals surface area contributed by atoms with Crippen LogP contribution in [0.4, 0.5) is 0 Å². The summed E-state index contributed by atoms with van der Waals surface area (Å²) < 4.78 is 8.05. The maximum Gasteiger partial charge on any atom is 0.335 e. The van der Waals surface area contributed by atoms with Gasteiger partial charge in [0.15, 0.2) is 5.16 Å². The molecule has 0 aliphatic carbocycles. The summed E-state index contributed by atoms with van der Waals surface area (Å²) >= 11 is 4.17. The lowest BCUT2D eigenvalue weighted by Crippen LogP contribution is -2.69. The second kappa shape index (κ2) is 7.32. The highest BCUT2D eigenvalue weighted by atomic mass is 32.1. The quantitative estimate of drug-likeness (QED) is 0.543. The first kappa shape index (κ1) is 19.4. The van der Waals surface area contributed by atoms with Crippen LogP contribution in [0.15, 0.2) is 70.6 Å². The molecule has 2 aromatic carbocycles. The van der Waals surface area contributed by atoms with E-state index in [1.54, 1.807) is 7.05 Å². The standard InChI is InChI=1S/C20H23N3O2SSi/c1-20(2,3)27(15-11-7-5-8-12-15,16-13-9-6-10-14-16)25-18-17(24)21-19(26)23(4)22-18/h5-14H,1-4H3,(H,21,24,26). The van der Waals surface area contributed by atoms with E-state index in [2.05, 4.69) is 67.7 Å². The van der Waals surface area contributed by atoms with Crippen LogP contribution in [0.25, 0.3) is 0 Å². The van der Waals surface area contributed by atoms with Crippen LogP contribution in [0.3, 0.4) is 0 Å². The van der Waals surface area contributed by atoms with Gasteiger partial charge in [0, 0.05) is 7.05 Å². The number of rotatable bonds is 4. The van der Waals surface area contributed by atoms with Crippen molar-refractivity contribution in [3.8, 4) is 5.88 Å². The Morgan fingerprint density at radius 1 is 0.963 bits per heavy atom. The average molecular weight is 398 g/mol. The summed E-state index contributed by atoms with van der Waals surface area (Å²) in [6, 6.07) is 20.2. The van der Waals surface area contributed by atoms with Crippen LogP contribution in [0.1, 0.15) is 20.8 Å². The second-order valence-electron chi connectivity index (χ2n) is 7.41. The Morgan fingerprint density at radius 2 is 1.44 bits per heavy atom. The number of hydrogen-bond donors (Lipinski definition) is 1. The molecule has 5 nitrogen and oxygen atoms in total. The topological polar surface area (TPSA) is 57.0 Å². The molecule has 3 rings (SSSR count). The molecule has 0 bridgehead atoms. The van der Waals surface area contributed by atoms with Crippen LogP contribution in [0.2, 0.25) is 5.04 Å². The fourth-order valence-corrected chi connectivity index (χ4v) is 7.78. The SMILES string of the molecule is Cn1nc(O[Si](c2ccccc2)(c2ccccc2)C(C)(C)C)c(=O)nc1S. The molecule has 27 heavy (non-hydrogen) atoms. The van der Waals surface area contributed by atoms with Crippen molar-refractivity contribution < 1.29 is 4.43 Å². The van der Waals surface area contributed by atoms with E-state index in [0.717, 1.165) is 10.4 Å². The van der Waals surface area contributed by atoms with Gasteiger partial charge in [0.2, 0.25) is 0 Å². The smallest absolute Gasteiger partial charge is 0.335 e. The van der Waals surface area contributed by atoms with Crippen molar-refractivity contribution >= 4 is 31.3 Å². The molecule has 0 saturated carbocycles. The van der Waals surface area contributed by atoms with Crippen LogP contribution in [-0.4, -0.2) is 23.1 Å². The molecule has 0 amide bonds. The zero-order valence-electron chi connectivity index (χ0n) is 15.9. The molecule has 1 aromatic heterocycles. The molecule has 0 unspecified atom stereocenters. The summed E-state index contributed by atoms with van der Waals surface area (Å²) in [6.45, 7) is 6.43. The minimum atomic E-state index is -2.90. The van der Waals surface area contributed by atoms with Gasteiger partial charge in [-0.2, -0.15) is 4.98 Å². The molecule has 0 aliphatic rings. The Morgan fingerprint density at radius 3 is 1.89 bits per heavy atom. The van der Waals surface area contributed by atoms with Crippen LogP contribution in [-0.2, 0) is 7.05 Å². The zero-order valence-corrected chi connectivity index (χ0v) is 17.8. The van der Waals surface area contributed by atoms with Crippen molar-refractivity contribution in [1.82, 2.24) is 14.8 Å². The third-order valence-corrected chi connectivity index (χ3v) is 9.88. The van der Waals surface area contributed by atoms with E-state index in [1.807, 2.05) is 36.4 Å². The highest BCUT2D eigenvalue weighted by molar-refractivity contribution is 7.80. The van der Waals surface area contributed by atoms with Gasteiger partial charge in [-0.1, -0.05) is 81.4 Å². The molecule has 0 N–H and O–H groups in total. The van der Waals surface area contributed by atoms with Gasteiger partial charge in [0.05, 0.1) is 0 Å². The van der Waals surface area contributed by atoms with E-state index in [9.17, 15) is 4.79 Å². The largest absolute Gasteiger partial charge is 0.516 e. The van der Waals surface area contributed by atoms with E-state index >= 15 is 0 Å². The molecule has 0 atom stereocenters. The summed E-state index contributed by atoms with van der Waals surface area (Å²) in [5.41, 5.74) is -0.508. The first-order valence-corrected chi connectivity index (χ1v) is 11.1. The Labute approximate surface area is 165 Å². The molecule has 140 valence electrons. The average Bonchev–Trinajstić information content (AvgIpc) is 2.64. The fourth-order valence-electron chi connectivity index (χ4n) is 3.29. The lowest BCUT2D eigenvalue weighted by atomic mass is 10.2. The Kier molecular flexibility index (Phi) is 5.26. The lowest BCUT2D eigenvalue weighted by Gasteiger charge is -2.42. The Balaban J connectivity index is 2.31. The molecular weight excluding hydrogens is 374 g/mol. The van der Waals surface area contributed by atoms with Gasteiger partial charge in [-0.05, 0) is 15.4 Å².